The maximum atomic E-state index is 10.7. The number of amides is 1. The van der Waals surface area contributed by atoms with E-state index in [2.05, 4.69) is 15.1 Å². The molecule has 8 heteroatoms. The molecule has 0 aliphatic carbocycles. The Morgan fingerprint density at radius 3 is 2.67 bits per heavy atom. The third-order valence-corrected chi connectivity index (χ3v) is 2.63. The number of rotatable bonds is 2. The number of anilines is 1. The molecular formula is C7H7N5O2S. The van der Waals surface area contributed by atoms with Gasteiger partial charge in [-0.3, -0.25) is 4.79 Å². The van der Waals surface area contributed by atoms with Crippen molar-refractivity contribution in [2.24, 2.45) is 5.73 Å². The van der Waals surface area contributed by atoms with E-state index in [1.54, 1.807) is 6.92 Å². The van der Waals surface area contributed by atoms with Crippen LogP contribution >= 0.6 is 11.3 Å². The Bertz CT molecular complexity index is 517. The highest BCUT2D eigenvalue weighted by Gasteiger charge is 2.17. The van der Waals surface area contributed by atoms with Crippen LogP contribution in [0.1, 0.15) is 16.3 Å². The molecule has 2 aromatic heterocycles. The standard InChI is InChI=1S/C7H7N5O2S/c1-2-3(15-7(9)10-2)6-11-5(4(8)13)12-14-6/h1H3,(H2,8,13)(H2,9,10). The number of primary amides is 1. The summed E-state index contributed by atoms with van der Waals surface area (Å²) in [5, 5.41) is 3.82. The molecule has 2 heterocycles. The molecule has 0 aliphatic rings. The van der Waals surface area contributed by atoms with E-state index in [-0.39, 0.29) is 11.7 Å². The van der Waals surface area contributed by atoms with Gasteiger partial charge in [0, 0.05) is 0 Å². The first-order valence-corrected chi connectivity index (χ1v) is 4.76. The molecule has 1 amide bonds. The van der Waals surface area contributed by atoms with Crippen LogP contribution < -0.4 is 11.5 Å². The van der Waals surface area contributed by atoms with Gasteiger partial charge in [0.15, 0.2) is 5.13 Å². The summed E-state index contributed by atoms with van der Waals surface area (Å²) in [5.74, 6) is -0.688. The Labute approximate surface area is 88.1 Å². The first-order valence-electron chi connectivity index (χ1n) is 3.94. The number of hydrogen-bond acceptors (Lipinski definition) is 7. The number of thiazole rings is 1. The van der Waals surface area contributed by atoms with E-state index in [0.29, 0.717) is 15.7 Å². The third-order valence-electron chi connectivity index (χ3n) is 1.65. The highest BCUT2D eigenvalue weighted by atomic mass is 32.1. The number of aryl methyl sites for hydroxylation is 1. The van der Waals surface area contributed by atoms with Crippen molar-refractivity contribution in [2.75, 3.05) is 5.73 Å². The minimum Gasteiger partial charge on any atom is -0.375 e. The average Bonchev–Trinajstić information content (AvgIpc) is 2.71. The average molecular weight is 225 g/mol. The molecule has 0 atom stereocenters. The van der Waals surface area contributed by atoms with Crippen molar-refractivity contribution in [3.63, 3.8) is 0 Å². The van der Waals surface area contributed by atoms with E-state index < -0.39 is 5.91 Å². The van der Waals surface area contributed by atoms with E-state index in [1.165, 1.54) is 11.3 Å². The van der Waals surface area contributed by atoms with Gasteiger partial charge < -0.3 is 16.0 Å². The summed E-state index contributed by atoms with van der Waals surface area (Å²) in [4.78, 5) is 19.2. The van der Waals surface area contributed by atoms with Crippen molar-refractivity contribution < 1.29 is 9.32 Å². The molecule has 78 valence electrons. The predicted octanol–water partition coefficient (Wildman–Crippen LogP) is 0.183. The van der Waals surface area contributed by atoms with Crippen LogP contribution in [-0.4, -0.2) is 21.0 Å². The fourth-order valence-electron chi connectivity index (χ4n) is 1.03. The smallest absolute Gasteiger partial charge is 0.290 e. The fraction of sp³-hybridized carbons (Fsp3) is 0.143. The number of nitrogen functional groups attached to an aromatic ring is 1. The van der Waals surface area contributed by atoms with Gasteiger partial charge in [-0.2, -0.15) is 4.98 Å². The van der Waals surface area contributed by atoms with Gasteiger partial charge in [-0.15, -0.1) is 0 Å². The van der Waals surface area contributed by atoms with Crippen LogP contribution in [0.15, 0.2) is 4.52 Å². The largest absolute Gasteiger partial charge is 0.375 e. The Morgan fingerprint density at radius 2 is 2.20 bits per heavy atom. The zero-order valence-electron chi connectivity index (χ0n) is 7.72. The van der Waals surface area contributed by atoms with Crippen molar-refractivity contribution in [1.29, 1.82) is 0 Å². The number of hydrogen-bond donors (Lipinski definition) is 2. The van der Waals surface area contributed by atoms with Crippen LogP contribution in [0.4, 0.5) is 5.13 Å². The first-order chi connectivity index (χ1) is 7.08. The second-order valence-electron chi connectivity index (χ2n) is 2.75. The number of nitrogens with zero attached hydrogens (tertiary/aromatic N) is 3. The van der Waals surface area contributed by atoms with Crippen LogP contribution in [0, 0.1) is 6.92 Å². The number of nitrogens with two attached hydrogens (primary N) is 2. The Balaban J connectivity index is 2.45. The molecule has 0 aromatic carbocycles. The van der Waals surface area contributed by atoms with Crippen molar-refractivity contribution in [1.82, 2.24) is 15.1 Å². The molecule has 4 N–H and O–H groups in total. The molecule has 0 saturated heterocycles. The predicted molar refractivity (Wildman–Crippen MR) is 53.1 cm³/mol. The molecule has 0 unspecified atom stereocenters. The highest BCUT2D eigenvalue weighted by molar-refractivity contribution is 7.18. The summed E-state index contributed by atoms with van der Waals surface area (Å²) in [5.41, 5.74) is 11.2. The number of carbonyl (C=O) groups excluding carboxylic acids is 1. The Morgan fingerprint density at radius 1 is 1.47 bits per heavy atom. The molecule has 0 aliphatic heterocycles. The molecule has 0 bridgehead atoms. The van der Waals surface area contributed by atoms with E-state index in [4.69, 9.17) is 16.0 Å². The van der Waals surface area contributed by atoms with E-state index in [0.717, 1.165) is 0 Å². The van der Waals surface area contributed by atoms with Gasteiger partial charge >= 0.3 is 0 Å². The summed E-state index contributed by atoms with van der Waals surface area (Å²) in [7, 11) is 0. The lowest BCUT2D eigenvalue weighted by molar-refractivity contribution is 0.0987. The maximum Gasteiger partial charge on any atom is 0.290 e. The zero-order chi connectivity index (χ0) is 11.0. The lowest BCUT2D eigenvalue weighted by atomic mass is 10.4. The van der Waals surface area contributed by atoms with Gasteiger partial charge in [0.2, 0.25) is 0 Å². The van der Waals surface area contributed by atoms with Crippen molar-refractivity contribution in [3.05, 3.63) is 11.5 Å². The van der Waals surface area contributed by atoms with Crippen molar-refractivity contribution in [2.45, 2.75) is 6.92 Å². The van der Waals surface area contributed by atoms with E-state index in [9.17, 15) is 4.79 Å². The summed E-state index contributed by atoms with van der Waals surface area (Å²) >= 11 is 1.21. The summed E-state index contributed by atoms with van der Waals surface area (Å²) in [6.45, 7) is 1.76. The molecule has 0 spiro atoms. The Kier molecular flexibility index (Phi) is 2.12. The molecule has 0 fully saturated rings. The summed E-state index contributed by atoms with van der Waals surface area (Å²) in [6, 6.07) is 0. The van der Waals surface area contributed by atoms with Gasteiger partial charge in [-0.1, -0.05) is 16.5 Å². The second kappa shape index (κ2) is 3.31. The molecule has 15 heavy (non-hydrogen) atoms. The van der Waals surface area contributed by atoms with Crippen LogP contribution in [0.5, 0.6) is 0 Å². The highest BCUT2D eigenvalue weighted by Crippen LogP contribution is 2.29. The van der Waals surface area contributed by atoms with Gasteiger partial charge in [-0.25, -0.2) is 4.98 Å². The van der Waals surface area contributed by atoms with Crippen LogP contribution in [0.2, 0.25) is 0 Å². The SMILES string of the molecule is Cc1nc(N)sc1-c1nc(C(N)=O)no1. The van der Waals surface area contributed by atoms with E-state index >= 15 is 0 Å². The number of aromatic nitrogens is 3. The molecule has 0 radical (unpaired) electrons. The van der Waals surface area contributed by atoms with Gasteiger partial charge in [0.1, 0.15) is 4.88 Å². The minimum absolute atomic E-state index is 0.156. The summed E-state index contributed by atoms with van der Waals surface area (Å²) in [6.07, 6.45) is 0. The van der Waals surface area contributed by atoms with Crippen molar-refractivity contribution >= 4 is 22.4 Å². The third kappa shape index (κ3) is 1.66. The van der Waals surface area contributed by atoms with Crippen LogP contribution in [0.25, 0.3) is 10.8 Å². The van der Waals surface area contributed by atoms with Gasteiger partial charge in [-0.05, 0) is 6.92 Å². The van der Waals surface area contributed by atoms with Gasteiger partial charge in [0.25, 0.3) is 17.6 Å². The molecule has 2 aromatic rings. The fourth-order valence-corrected chi connectivity index (χ4v) is 1.79. The monoisotopic (exact) mass is 225 g/mol. The summed E-state index contributed by atoms with van der Waals surface area (Å²) < 4.78 is 4.86. The van der Waals surface area contributed by atoms with Crippen LogP contribution in [0.3, 0.4) is 0 Å². The zero-order valence-corrected chi connectivity index (χ0v) is 8.54. The second-order valence-corrected chi connectivity index (χ2v) is 3.78. The molecule has 7 nitrogen and oxygen atoms in total. The maximum absolute atomic E-state index is 10.7. The lowest BCUT2D eigenvalue weighted by Crippen LogP contribution is -2.12. The quantitative estimate of drug-likeness (QED) is 0.752. The minimum atomic E-state index is -0.736. The molecular weight excluding hydrogens is 218 g/mol. The lowest BCUT2D eigenvalue weighted by Gasteiger charge is -1.86. The topological polar surface area (TPSA) is 121 Å². The van der Waals surface area contributed by atoms with Crippen molar-refractivity contribution in [3.8, 4) is 10.8 Å². The van der Waals surface area contributed by atoms with Crippen LogP contribution in [-0.2, 0) is 0 Å². The van der Waals surface area contributed by atoms with Gasteiger partial charge in [0.05, 0.1) is 5.69 Å². The number of carbonyl (C=O) groups is 1. The first kappa shape index (κ1) is 9.59. The van der Waals surface area contributed by atoms with E-state index in [1.807, 2.05) is 0 Å². The molecule has 0 saturated carbocycles. The normalized spacial score (nSPS) is 10.5. The Hall–Kier alpha value is -1.96. The molecule has 2 rings (SSSR count).